The highest BCUT2D eigenvalue weighted by molar-refractivity contribution is 6.31. The predicted molar refractivity (Wildman–Crippen MR) is 78.4 cm³/mol. The Labute approximate surface area is 126 Å². The standard InChI is InChI=1S/C16H12ClNO3/c17-12-9-5-4-8-11(12)13-15(21-16(20)18-13)14(19)10-6-2-1-3-7-10/h1-9,13,15H,(H,18,20)/t13-,15+/m1/s1. The van der Waals surface area contributed by atoms with Gasteiger partial charge in [0.25, 0.3) is 0 Å². The summed E-state index contributed by atoms with van der Waals surface area (Å²) in [5, 5.41) is 3.13. The third-order valence-electron chi connectivity index (χ3n) is 3.37. The normalized spacial score (nSPS) is 20.7. The van der Waals surface area contributed by atoms with Crippen LogP contribution in [0.15, 0.2) is 54.6 Å². The van der Waals surface area contributed by atoms with Gasteiger partial charge in [0, 0.05) is 10.6 Å². The minimum absolute atomic E-state index is 0.251. The summed E-state index contributed by atoms with van der Waals surface area (Å²) in [5.74, 6) is -0.251. The fourth-order valence-corrected chi connectivity index (χ4v) is 2.61. The van der Waals surface area contributed by atoms with E-state index >= 15 is 0 Å². The third-order valence-corrected chi connectivity index (χ3v) is 3.71. The molecule has 1 amide bonds. The minimum Gasteiger partial charge on any atom is -0.435 e. The lowest BCUT2D eigenvalue weighted by Gasteiger charge is -2.17. The lowest BCUT2D eigenvalue weighted by molar-refractivity contribution is 0.0721. The van der Waals surface area contributed by atoms with E-state index in [0.29, 0.717) is 16.1 Å². The number of ketones is 1. The molecule has 5 heteroatoms. The number of cyclic esters (lactones) is 1. The summed E-state index contributed by atoms with van der Waals surface area (Å²) in [6, 6.07) is 15.2. The molecule has 3 rings (SSSR count). The number of nitrogens with one attached hydrogen (secondary N) is 1. The predicted octanol–water partition coefficient (Wildman–Crippen LogP) is 3.37. The maximum atomic E-state index is 12.5. The monoisotopic (exact) mass is 301 g/mol. The van der Waals surface area contributed by atoms with E-state index in [1.807, 2.05) is 6.07 Å². The largest absolute Gasteiger partial charge is 0.435 e. The number of hydrogen-bond donors (Lipinski definition) is 1. The van der Waals surface area contributed by atoms with Gasteiger partial charge in [0.15, 0.2) is 6.10 Å². The fourth-order valence-electron chi connectivity index (χ4n) is 2.36. The average Bonchev–Trinajstić information content (AvgIpc) is 2.89. The van der Waals surface area contributed by atoms with Gasteiger partial charge in [-0.2, -0.15) is 0 Å². The summed E-state index contributed by atoms with van der Waals surface area (Å²) in [5.41, 5.74) is 1.16. The molecule has 0 aliphatic carbocycles. The van der Waals surface area contributed by atoms with Crippen LogP contribution in [0.1, 0.15) is 22.0 Å². The summed E-state index contributed by atoms with van der Waals surface area (Å²) < 4.78 is 5.14. The molecule has 1 heterocycles. The molecular weight excluding hydrogens is 290 g/mol. The summed E-state index contributed by atoms with van der Waals surface area (Å²) in [7, 11) is 0. The Balaban J connectivity index is 1.95. The van der Waals surface area contributed by atoms with Crippen LogP contribution in [0.25, 0.3) is 0 Å². The zero-order chi connectivity index (χ0) is 14.8. The number of carbonyl (C=O) groups is 2. The van der Waals surface area contributed by atoms with Crippen LogP contribution in [0.4, 0.5) is 4.79 Å². The Kier molecular flexibility index (Phi) is 3.62. The molecule has 0 aromatic heterocycles. The first-order valence-electron chi connectivity index (χ1n) is 6.47. The lowest BCUT2D eigenvalue weighted by atomic mass is 9.95. The second kappa shape index (κ2) is 5.58. The molecular formula is C16H12ClNO3. The van der Waals surface area contributed by atoms with E-state index in [2.05, 4.69) is 5.32 Å². The van der Waals surface area contributed by atoms with Crippen molar-refractivity contribution in [2.75, 3.05) is 0 Å². The first-order chi connectivity index (χ1) is 10.2. The average molecular weight is 302 g/mol. The van der Waals surface area contributed by atoms with Crippen molar-refractivity contribution < 1.29 is 14.3 Å². The van der Waals surface area contributed by atoms with Crippen molar-refractivity contribution >= 4 is 23.5 Å². The van der Waals surface area contributed by atoms with Crippen molar-refractivity contribution in [2.24, 2.45) is 0 Å². The maximum absolute atomic E-state index is 12.5. The van der Waals surface area contributed by atoms with Gasteiger partial charge >= 0.3 is 6.09 Å². The second-order valence-corrected chi connectivity index (χ2v) is 5.11. The van der Waals surface area contributed by atoms with E-state index in [1.165, 1.54) is 0 Å². The molecule has 2 atom stereocenters. The molecule has 2 aromatic rings. The van der Waals surface area contributed by atoms with Crippen molar-refractivity contribution in [3.63, 3.8) is 0 Å². The maximum Gasteiger partial charge on any atom is 0.408 e. The highest BCUT2D eigenvalue weighted by Gasteiger charge is 2.41. The molecule has 0 radical (unpaired) electrons. The van der Waals surface area contributed by atoms with Gasteiger partial charge in [-0.3, -0.25) is 4.79 Å². The van der Waals surface area contributed by atoms with Crippen LogP contribution in [0.5, 0.6) is 0 Å². The smallest absolute Gasteiger partial charge is 0.408 e. The van der Waals surface area contributed by atoms with E-state index < -0.39 is 18.2 Å². The van der Waals surface area contributed by atoms with E-state index in [0.717, 1.165) is 0 Å². The summed E-state index contributed by atoms with van der Waals surface area (Å²) in [6.07, 6.45) is -1.53. The summed E-state index contributed by atoms with van der Waals surface area (Å²) in [4.78, 5) is 24.1. The molecule has 1 N–H and O–H groups in total. The molecule has 1 aliphatic rings. The summed E-state index contributed by atoms with van der Waals surface area (Å²) in [6.45, 7) is 0. The van der Waals surface area contributed by atoms with Gasteiger partial charge in [0.05, 0.1) is 0 Å². The molecule has 21 heavy (non-hydrogen) atoms. The van der Waals surface area contributed by atoms with Crippen molar-refractivity contribution in [2.45, 2.75) is 12.1 Å². The van der Waals surface area contributed by atoms with Crippen LogP contribution in [0.2, 0.25) is 5.02 Å². The molecule has 2 aromatic carbocycles. The van der Waals surface area contributed by atoms with E-state index in [1.54, 1.807) is 48.5 Å². The summed E-state index contributed by atoms with van der Waals surface area (Å²) >= 11 is 6.15. The number of rotatable bonds is 3. The lowest BCUT2D eigenvalue weighted by Crippen LogP contribution is -2.29. The quantitative estimate of drug-likeness (QED) is 0.884. The van der Waals surface area contributed by atoms with Crippen molar-refractivity contribution in [3.8, 4) is 0 Å². The van der Waals surface area contributed by atoms with Crippen LogP contribution < -0.4 is 5.32 Å². The fraction of sp³-hybridized carbons (Fsp3) is 0.125. The van der Waals surface area contributed by atoms with E-state index in [4.69, 9.17) is 16.3 Å². The number of halogens is 1. The zero-order valence-corrected chi connectivity index (χ0v) is 11.7. The highest BCUT2D eigenvalue weighted by Crippen LogP contribution is 2.31. The van der Waals surface area contributed by atoms with Crippen molar-refractivity contribution in [3.05, 3.63) is 70.7 Å². The molecule has 0 unspecified atom stereocenters. The number of benzene rings is 2. The Morgan fingerprint density at radius 2 is 1.71 bits per heavy atom. The third kappa shape index (κ3) is 2.62. The van der Waals surface area contributed by atoms with Gasteiger partial charge in [-0.05, 0) is 11.6 Å². The Morgan fingerprint density at radius 3 is 2.43 bits per heavy atom. The van der Waals surface area contributed by atoms with Crippen LogP contribution in [-0.4, -0.2) is 18.0 Å². The number of hydrogen-bond acceptors (Lipinski definition) is 3. The minimum atomic E-state index is -0.917. The molecule has 1 saturated heterocycles. The van der Waals surface area contributed by atoms with Crippen LogP contribution in [0, 0.1) is 0 Å². The Morgan fingerprint density at radius 1 is 1.05 bits per heavy atom. The Hall–Kier alpha value is -2.33. The van der Waals surface area contributed by atoms with Gasteiger partial charge in [0.2, 0.25) is 5.78 Å². The Bertz CT molecular complexity index is 687. The molecule has 1 aliphatic heterocycles. The SMILES string of the molecule is O=C1N[C@H](c2ccccc2Cl)[C@@H](C(=O)c2ccccc2)O1. The molecule has 106 valence electrons. The molecule has 1 fully saturated rings. The highest BCUT2D eigenvalue weighted by atomic mass is 35.5. The van der Waals surface area contributed by atoms with Gasteiger partial charge in [-0.15, -0.1) is 0 Å². The number of amides is 1. The topological polar surface area (TPSA) is 55.4 Å². The van der Waals surface area contributed by atoms with Crippen LogP contribution >= 0.6 is 11.6 Å². The first kappa shape index (κ1) is 13.6. The molecule has 0 saturated carbocycles. The molecule has 0 spiro atoms. The number of alkyl carbamates (subject to hydrolysis) is 1. The number of ether oxygens (including phenoxy) is 1. The van der Waals surface area contributed by atoms with Gasteiger partial charge < -0.3 is 10.1 Å². The second-order valence-electron chi connectivity index (χ2n) is 4.70. The van der Waals surface area contributed by atoms with Gasteiger partial charge in [-0.1, -0.05) is 60.1 Å². The molecule has 0 bridgehead atoms. The van der Waals surface area contributed by atoms with Gasteiger partial charge in [0.1, 0.15) is 6.04 Å². The van der Waals surface area contributed by atoms with E-state index in [-0.39, 0.29) is 5.78 Å². The van der Waals surface area contributed by atoms with Crippen LogP contribution in [-0.2, 0) is 4.74 Å². The number of Topliss-reactive ketones (excluding diaryl/α,β-unsaturated/α-hetero) is 1. The van der Waals surface area contributed by atoms with Crippen LogP contribution in [0.3, 0.4) is 0 Å². The first-order valence-corrected chi connectivity index (χ1v) is 6.85. The molecule has 4 nitrogen and oxygen atoms in total. The van der Waals surface area contributed by atoms with Crippen molar-refractivity contribution in [1.82, 2.24) is 5.32 Å². The zero-order valence-electron chi connectivity index (χ0n) is 11.0. The van der Waals surface area contributed by atoms with Gasteiger partial charge in [-0.25, -0.2) is 4.79 Å². The van der Waals surface area contributed by atoms with E-state index in [9.17, 15) is 9.59 Å². The van der Waals surface area contributed by atoms with Crippen molar-refractivity contribution in [1.29, 1.82) is 0 Å². The number of carbonyl (C=O) groups excluding carboxylic acids is 2.